The molecule has 1 aliphatic rings. The molecule has 5 heteroatoms. The second-order valence-corrected chi connectivity index (χ2v) is 6.05. The van der Waals surface area contributed by atoms with Crippen LogP contribution < -0.4 is 0 Å². The Bertz CT molecular complexity index is 400. The van der Waals surface area contributed by atoms with E-state index in [1.807, 2.05) is 12.3 Å². The highest BCUT2D eigenvalue weighted by Crippen LogP contribution is 2.31. The average Bonchev–Trinajstić information content (AvgIpc) is 2.48. The van der Waals surface area contributed by atoms with Gasteiger partial charge in [0.25, 0.3) is 0 Å². The molecule has 1 aromatic rings. The normalized spacial score (nSPS) is 14.5. The zero-order valence-electron chi connectivity index (χ0n) is 6.47. The quantitative estimate of drug-likeness (QED) is 0.683. The van der Waals surface area contributed by atoms with Gasteiger partial charge in [-0.1, -0.05) is 12.2 Å². The summed E-state index contributed by atoms with van der Waals surface area (Å²) in [6.07, 6.45) is 5.95. The minimum Gasteiger partial charge on any atom is -0.315 e. The number of nitrogens with zero attached hydrogens (tertiary/aromatic N) is 2. The van der Waals surface area contributed by atoms with Crippen LogP contribution in [-0.2, 0) is 6.54 Å². The molecule has 2 heterocycles. The Kier molecular flexibility index (Phi) is 2.76. The molecule has 0 amide bonds. The minimum absolute atomic E-state index is 0.868. The van der Waals surface area contributed by atoms with E-state index in [1.54, 1.807) is 0 Å². The van der Waals surface area contributed by atoms with E-state index in [0.29, 0.717) is 0 Å². The molecular formula is C8H5Br3N2. The second-order valence-electron chi connectivity index (χ2n) is 2.59. The fraction of sp³-hybridized carbons (Fsp3) is 0.125. The van der Waals surface area contributed by atoms with E-state index in [9.17, 15) is 0 Å². The fourth-order valence-electron chi connectivity index (χ4n) is 1.24. The molecule has 68 valence electrons. The van der Waals surface area contributed by atoms with Gasteiger partial charge in [-0.25, -0.2) is 4.98 Å². The van der Waals surface area contributed by atoms with E-state index in [-0.39, 0.29) is 0 Å². The molecule has 0 atom stereocenters. The van der Waals surface area contributed by atoms with E-state index in [4.69, 9.17) is 0 Å². The molecule has 0 spiro atoms. The van der Waals surface area contributed by atoms with Crippen LogP contribution in [-0.4, -0.2) is 9.55 Å². The van der Waals surface area contributed by atoms with Crippen molar-refractivity contribution in [2.75, 3.05) is 0 Å². The lowest BCUT2D eigenvalue weighted by molar-refractivity contribution is 0.777. The number of halogens is 3. The Morgan fingerprint density at radius 2 is 2.23 bits per heavy atom. The van der Waals surface area contributed by atoms with E-state index in [2.05, 4.69) is 63.4 Å². The summed E-state index contributed by atoms with van der Waals surface area (Å²) in [7, 11) is 0. The number of rotatable bonds is 0. The second kappa shape index (κ2) is 3.71. The Hall–Kier alpha value is 0.130. The third-order valence-corrected chi connectivity index (χ3v) is 3.31. The van der Waals surface area contributed by atoms with Gasteiger partial charge in [-0.05, 0) is 47.8 Å². The Morgan fingerprint density at radius 3 is 2.92 bits per heavy atom. The van der Waals surface area contributed by atoms with Gasteiger partial charge in [0.1, 0.15) is 10.4 Å². The Morgan fingerprint density at radius 1 is 1.46 bits per heavy atom. The average molecular weight is 369 g/mol. The van der Waals surface area contributed by atoms with Crippen molar-refractivity contribution in [3.8, 4) is 0 Å². The summed E-state index contributed by atoms with van der Waals surface area (Å²) >= 11 is 10.2. The largest absolute Gasteiger partial charge is 0.315 e. The lowest BCUT2D eigenvalue weighted by atomic mass is 10.2. The first-order valence-electron chi connectivity index (χ1n) is 3.63. The first-order valence-corrected chi connectivity index (χ1v) is 6.01. The van der Waals surface area contributed by atoms with Crippen LogP contribution >= 0.6 is 47.8 Å². The maximum Gasteiger partial charge on any atom is 0.142 e. The molecule has 0 N–H and O–H groups in total. The SMILES string of the molecule is BrC(Br)=C1C=CCn2c(Br)cnc21. The minimum atomic E-state index is 0.868. The fourth-order valence-corrected chi connectivity index (χ4v) is 2.28. The maximum absolute atomic E-state index is 4.31. The van der Waals surface area contributed by atoms with Crippen LogP contribution in [0, 0.1) is 0 Å². The molecule has 1 aromatic heterocycles. The standard InChI is InChI=1S/C8H5Br3N2/c9-6-4-12-8-5(7(10)11)2-1-3-13(6)8/h1-2,4H,3H2. The highest BCUT2D eigenvalue weighted by Gasteiger charge is 2.15. The van der Waals surface area contributed by atoms with Crippen molar-refractivity contribution >= 4 is 53.4 Å². The summed E-state index contributed by atoms with van der Waals surface area (Å²) in [5, 5.41) is 0. The zero-order valence-corrected chi connectivity index (χ0v) is 11.2. The van der Waals surface area contributed by atoms with Gasteiger partial charge >= 0.3 is 0 Å². The number of imidazole rings is 1. The first-order chi connectivity index (χ1) is 6.20. The number of hydrogen-bond donors (Lipinski definition) is 0. The van der Waals surface area contributed by atoms with Gasteiger partial charge in [0.2, 0.25) is 0 Å². The Balaban J connectivity index is 2.62. The molecule has 0 fully saturated rings. The van der Waals surface area contributed by atoms with Crippen molar-refractivity contribution in [2.45, 2.75) is 6.54 Å². The van der Waals surface area contributed by atoms with Gasteiger partial charge in [-0.2, -0.15) is 0 Å². The van der Waals surface area contributed by atoms with Crippen molar-refractivity contribution in [1.82, 2.24) is 9.55 Å². The topological polar surface area (TPSA) is 17.8 Å². The smallest absolute Gasteiger partial charge is 0.142 e. The number of fused-ring (bicyclic) bond motifs is 1. The van der Waals surface area contributed by atoms with Crippen LogP contribution in [0.15, 0.2) is 26.3 Å². The Labute approximate surface area is 101 Å². The highest BCUT2D eigenvalue weighted by atomic mass is 79.9. The van der Waals surface area contributed by atoms with Crippen molar-refractivity contribution < 1.29 is 0 Å². The molecular weight excluding hydrogens is 364 g/mol. The van der Waals surface area contributed by atoms with Crippen molar-refractivity contribution in [2.24, 2.45) is 0 Å². The molecule has 0 saturated heterocycles. The van der Waals surface area contributed by atoms with Crippen LogP contribution in [0.3, 0.4) is 0 Å². The third-order valence-electron chi connectivity index (χ3n) is 1.82. The van der Waals surface area contributed by atoms with E-state index < -0.39 is 0 Å². The molecule has 2 nitrogen and oxygen atoms in total. The monoisotopic (exact) mass is 366 g/mol. The van der Waals surface area contributed by atoms with Crippen molar-refractivity contribution in [3.63, 3.8) is 0 Å². The van der Waals surface area contributed by atoms with Crippen LogP contribution in [0.1, 0.15) is 5.82 Å². The predicted molar refractivity (Wildman–Crippen MR) is 63.8 cm³/mol. The number of aromatic nitrogens is 2. The number of hydrogen-bond acceptors (Lipinski definition) is 1. The molecule has 2 rings (SSSR count). The van der Waals surface area contributed by atoms with Gasteiger partial charge in [-0.3, -0.25) is 0 Å². The zero-order chi connectivity index (χ0) is 9.42. The van der Waals surface area contributed by atoms with E-state index >= 15 is 0 Å². The summed E-state index contributed by atoms with van der Waals surface area (Å²) < 4.78 is 4.03. The van der Waals surface area contributed by atoms with E-state index in [0.717, 1.165) is 25.9 Å². The third kappa shape index (κ3) is 1.69. The molecule has 1 aliphatic heterocycles. The summed E-state index contributed by atoms with van der Waals surface area (Å²) in [5.74, 6) is 0.970. The maximum atomic E-state index is 4.31. The van der Waals surface area contributed by atoms with Crippen LogP contribution in [0.4, 0.5) is 0 Å². The summed E-state index contributed by atoms with van der Waals surface area (Å²) in [6, 6.07) is 0. The highest BCUT2D eigenvalue weighted by molar-refractivity contribution is 9.28. The van der Waals surface area contributed by atoms with Crippen LogP contribution in [0.5, 0.6) is 0 Å². The van der Waals surface area contributed by atoms with Gasteiger partial charge < -0.3 is 4.57 Å². The van der Waals surface area contributed by atoms with Gasteiger partial charge in [0, 0.05) is 12.1 Å². The molecule has 0 saturated carbocycles. The molecule has 0 aliphatic carbocycles. The van der Waals surface area contributed by atoms with Gasteiger partial charge in [-0.15, -0.1) is 0 Å². The van der Waals surface area contributed by atoms with Gasteiger partial charge in [0.05, 0.1) is 9.59 Å². The summed E-state index contributed by atoms with van der Waals surface area (Å²) in [4.78, 5) is 4.31. The summed E-state index contributed by atoms with van der Waals surface area (Å²) in [6.45, 7) is 0.868. The van der Waals surface area contributed by atoms with E-state index in [1.165, 1.54) is 0 Å². The molecule has 0 unspecified atom stereocenters. The van der Waals surface area contributed by atoms with Crippen molar-refractivity contribution in [1.29, 1.82) is 0 Å². The molecule has 13 heavy (non-hydrogen) atoms. The van der Waals surface area contributed by atoms with Crippen molar-refractivity contribution in [3.05, 3.63) is 32.2 Å². The summed E-state index contributed by atoms with van der Waals surface area (Å²) in [5.41, 5.74) is 1.07. The lowest BCUT2D eigenvalue weighted by Gasteiger charge is -2.12. The van der Waals surface area contributed by atoms with Gasteiger partial charge in [0.15, 0.2) is 0 Å². The molecule has 0 bridgehead atoms. The predicted octanol–water partition coefficient (Wildman–Crippen LogP) is 3.67. The first kappa shape index (κ1) is 9.68. The lowest BCUT2D eigenvalue weighted by Crippen LogP contribution is -2.05. The number of allylic oxidation sites excluding steroid dienone is 3. The molecule has 0 aromatic carbocycles. The van der Waals surface area contributed by atoms with Crippen LogP contribution in [0.2, 0.25) is 0 Å². The van der Waals surface area contributed by atoms with Crippen LogP contribution in [0.25, 0.3) is 5.57 Å². The molecule has 0 radical (unpaired) electrons.